The molecule has 5 nitrogen and oxygen atoms in total. The first-order chi connectivity index (χ1) is 11.1. The Labute approximate surface area is 145 Å². The highest BCUT2D eigenvalue weighted by Crippen LogP contribution is 2.22. The number of nitrogens with zero attached hydrogens (tertiary/aromatic N) is 3. The van der Waals surface area contributed by atoms with Crippen molar-refractivity contribution in [3.8, 4) is 0 Å². The number of rotatable bonds is 4. The number of hydrogen-bond acceptors (Lipinski definition) is 3. The Balaban J connectivity index is 1.87. The third-order valence-electron chi connectivity index (χ3n) is 4.79. The number of likely N-dealkylation sites (tertiary alicyclic amines) is 1. The van der Waals surface area contributed by atoms with Gasteiger partial charge in [0, 0.05) is 57.2 Å². The first-order valence-electron chi connectivity index (χ1n) is 9.04. The highest BCUT2D eigenvalue weighted by molar-refractivity contribution is 8.00. The van der Waals surface area contributed by atoms with Gasteiger partial charge in [-0.2, -0.15) is 11.8 Å². The van der Waals surface area contributed by atoms with Gasteiger partial charge in [-0.1, -0.05) is 6.92 Å². The average molecular weight is 341 g/mol. The number of carbonyl (C=O) groups is 1. The second-order valence-electron chi connectivity index (χ2n) is 6.49. The smallest absolute Gasteiger partial charge is 0.219 e. The minimum absolute atomic E-state index is 0.205. The molecule has 23 heavy (non-hydrogen) atoms. The van der Waals surface area contributed by atoms with E-state index in [1.165, 1.54) is 12.2 Å². The van der Waals surface area contributed by atoms with E-state index in [-0.39, 0.29) is 5.91 Å². The molecule has 0 radical (unpaired) electrons. The van der Waals surface area contributed by atoms with Crippen molar-refractivity contribution in [3.05, 3.63) is 0 Å². The maximum absolute atomic E-state index is 11.4. The molecule has 132 valence electrons. The fourth-order valence-corrected chi connectivity index (χ4v) is 4.41. The van der Waals surface area contributed by atoms with E-state index in [9.17, 15) is 4.79 Å². The molecule has 0 saturated carbocycles. The molecule has 1 N–H and O–H groups in total. The third kappa shape index (κ3) is 5.59. The zero-order valence-corrected chi connectivity index (χ0v) is 15.7. The Bertz CT molecular complexity index is 407. The van der Waals surface area contributed by atoms with E-state index in [2.05, 4.69) is 35.8 Å². The molecule has 2 aliphatic rings. The lowest BCUT2D eigenvalue weighted by Crippen LogP contribution is -2.48. The molecule has 0 aliphatic carbocycles. The number of carbonyl (C=O) groups excluding carboxylic acids is 1. The van der Waals surface area contributed by atoms with Crippen LogP contribution in [-0.4, -0.2) is 71.9 Å². The third-order valence-corrected chi connectivity index (χ3v) is 6.16. The van der Waals surface area contributed by atoms with E-state index in [1.54, 1.807) is 6.92 Å². The van der Waals surface area contributed by atoms with Crippen LogP contribution in [0, 0.1) is 5.92 Å². The van der Waals surface area contributed by atoms with E-state index in [0.717, 1.165) is 63.3 Å². The van der Waals surface area contributed by atoms with Crippen molar-refractivity contribution in [2.45, 2.75) is 45.3 Å². The Morgan fingerprint density at radius 1 is 1.22 bits per heavy atom. The second-order valence-corrected chi connectivity index (χ2v) is 7.90. The minimum atomic E-state index is 0.205. The van der Waals surface area contributed by atoms with Gasteiger partial charge in [-0.25, -0.2) is 0 Å². The summed E-state index contributed by atoms with van der Waals surface area (Å²) in [7, 11) is 0. The van der Waals surface area contributed by atoms with Crippen LogP contribution in [-0.2, 0) is 4.79 Å². The summed E-state index contributed by atoms with van der Waals surface area (Å²) in [5, 5.41) is 4.19. The largest absolute Gasteiger partial charge is 0.357 e. The average Bonchev–Trinajstić information content (AvgIpc) is 2.59. The van der Waals surface area contributed by atoms with Gasteiger partial charge in [0.25, 0.3) is 0 Å². The predicted octanol–water partition coefficient (Wildman–Crippen LogP) is 2.04. The summed E-state index contributed by atoms with van der Waals surface area (Å²) in [6, 6.07) is 0. The summed E-state index contributed by atoms with van der Waals surface area (Å²) in [6.45, 7) is 11.9. The maximum Gasteiger partial charge on any atom is 0.219 e. The number of guanidine groups is 1. The molecule has 0 aromatic heterocycles. The van der Waals surface area contributed by atoms with Crippen LogP contribution >= 0.6 is 11.8 Å². The highest BCUT2D eigenvalue weighted by atomic mass is 32.2. The molecule has 2 aliphatic heterocycles. The van der Waals surface area contributed by atoms with E-state index in [4.69, 9.17) is 4.99 Å². The maximum atomic E-state index is 11.4. The monoisotopic (exact) mass is 340 g/mol. The van der Waals surface area contributed by atoms with Gasteiger partial charge in [-0.15, -0.1) is 0 Å². The quantitative estimate of drug-likeness (QED) is 0.628. The molecule has 1 amide bonds. The van der Waals surface area contributed by atoms with Crippen LogP contribution < -0.4 is 5.32 Å². The van der Waals surface area contributed by atoms with Crippen molar-refractivity contribution in [2.75, 3.05) is 45.0 Å². The van der Waals surface area contributed by atoms with Crippen molar-refractivity contribution >= 4 is 23.6 Å². The van der Waals surface area contributed by atoms with Crippen LogP contribution in [0.15, 0.2) is 4.99 Å². The van der Waals surface area contributed by atoms with Gasteiger partial charge >= 0.3 is 0 Å². The van der Waals surface area contributed by atoms with Crippen molar-refractivity contribution in [1.82, 2.24) is 15.1 Å². The molecular weight excluding hydrogens is 308 g/mol. The fraction of sp³-hybridized carbons (Fsp3) is 0.882. The Hall–Kier alpha value is -0.910. The van der Waals surface area contributed by atoms with Gasteiger partial charge in [-0.05, 0) is 32.1 Å². The number of thioether (sulfide) groups is 1. The van der Waals surface area contributed by atoms with Crippen LogP contribution in [0.5, 0.6) is 0 Å². The number of nitrogens with one attached hydrogen (secondary N) is 1. The SMILES string of the molecule is CCNC(=NCC1CCN(C(C)=O)CC1)N1CCSC(CC)C1. The normalized spacial score (nSPS) is 24.0. The summed E-state index contributed by atoms with van der Waals surface area (Å²) >= 11 is 2.09. The summed E-state index contributed by atoms with van der Waals surface area (Å²) in [5.74, 6) is 3.09. The standard InChI is InChI=1S/C17H32N4OS/c1-4-16-13-21(10-11-23-16)17(18-5-2)19-12-15-6-8-20(9-7-15)14(3)22/h15-16H,4-13H2,1-3H3,(H,18,19). The number of aliphatic imine (C=N–C) groups is 1. The molecule has 2 rings (SSSR count). The molecular formula is C17H32N4OS. The Morgan fingerprint density at radius 2 is 1.96 bits per heavy atom. The van der Waals surface area contributed by atoms with Crippen LogP contribution in [0.25, 0.3) is 0 Å². The van der Waals surface area contributed by atoms with E-state index in [0.29, 0.717) is 5.92 Å². The van der Waals surface area contributed by atoms with Gasteiger partial charge in [0.1, 0.15) is 0 Å². The summed E-state index contributed by atoms with van der Waals surface area (Å²) in [5.41, 5.74) is 0. The molecule has 6 heteroatoms. The summed E-state index contributed by atoms with van der Waals surface area (Å²) in [4.78, 5) is 20.7. The molecule has 0 spiro atoms. The topological polar surface area (TPSA) is 47.9 Å². The lowest BCUT2D eigenvalue weighted by molar-refractivity contribution is -0.130. The molecule has 2 saturated heterocycles. The summed E-state index contributed by atoms with van der Waals surface area (Å²) in [6.07, 6.45) is 3.38. The number of amides is 1. The molecule has 0 aromatic carbocycles. The Kier molecular flexibility index (Phi) is 7.53. The van der Waals surface area contributed by atoms with Crippen LogP contribution in [0.4, 0.5) is 0 Å². The molecule has 0 bridgehead atoms. The highest BCUT2D eigenvalue weighted by Gasteiger charge is 2.23. The number of piperidine rings is 1. The Morgan fingerprint density at radius 3 is 2.57 bits per heavy atom. The van der Waals surface area contributed by atoms with Crippen molar-refractivity contribution in [2.24, 2.45) is 10.9 Å². The van der Waals surface area contributed by atoms with Crippen LogP contribution in [0.3, 0.4) is 0 Å². The fourth-order valence-electron chi connectivity index (χ4n) is 3.23. The molecule has 1 unspecified atom stereocenters. The first kappa shape index (κ1) is 18.4. The van der Waals surface area contributed by atoms with Gasteiger partial charge in [0.05, 0.1) is 0 Å². The lowest BCUT2D eigenvalue weighted by atomic mass is 9.97. The molecule has 2 heterocycles. The van der Waals surface area contributed by atoms with Crippen molar-refractivity contribution in [3.63, 3.8) is 0 Å². The lowest BCUT2D eigenvalue weighted by Gasteiger charge is -2.35. The van der Waals surface area contributed by atoms with Gasteiger partial charge in [0.15, 0.2) is 5.96 Å². The van der Waals surface area contributed by atoms with E-state index < -0.39 is 0 Å². The van der Waals surface area contributed by atoms with Gasteiger partial charge in [-0.3, -0.25) is 9.79 Å². The van der Waals surface area contributed by atoms with Crippen LogP contribution in [0.1, 0.15) is 40.0 Å². The predicted molar refractivity (Wildman–Crippen MR) is 99.1 cm³/mol. The first-order valence-corrected chi connectivity index (χ1v) is 10.1. The van der Waals surface area contributed by atoms with Gasteiger partial charge < -0.3 is 15.1 Å². The zero-order chi connectivity index (χ0) is 16.7. The number of hydrogen-bond donors (Lipinski definition) is 1. The summed E-state index contributed by atoms with van der Waals surface area (Å²) < 4.78 is 0. The minimum Gasteiger partial charge on any atom is -0.357 e. The molecule has 0 aromatic rings. The van der Waals surface area contributed by atoms with E-state index >= 15 is 0 Å². The molecule has 1 atom stereocenters. The second kappa shape index (κ2) is 9.40. The van der Waals surface area contributed by atoms with Crippen LogP contribution in [0.2, 0.25) is 0 Å². The molecule has 2 fully saturated rings. The van der Waals surface area contributed by atoms with E-state index in [1.807, 2.05) is 4.90 Å². The van der Waals surface area contributed by atoms with Gasteiger partial charge in [0.2, 0.25) is 5.91 Å². The zero-order valence-electron chi connectivity index (χ0n) is 14.9. The van der Waals surface area contributed by atoms with Crippen molar-refractivity contribution in [1.29, 1.82) is 0 Å². The van der Waals surface area contributed by atoms with Crippen molar-refractivity contribution < 1.29 is 4.79 Å².